The summed E-state index contributed by atoms with van der Waals surface area (Å²) in [5.74, 6) is -0.494. The monoisotopic (exact) mass is 328 g/mol. The van der Waals surface area contributed by atoms with E-state index in [-0.39, 0.29) is 23.6 Å². The van der Waals surface area contributed by atoms with Crippen molar-refractivity contribution in [2.75, 3.05) is 6.54 Å². The number of amides is 2. The van der Waals surface area contributed by atoms with E-state index in [0.29, 0.717) is 17.8 Å². The molecule has 0 radical (unpaired) electrons. The summed E-state index contributed by atoms with van der Waals surface area (Å²) in [4.78, 5) is 23.9. The maximum Gasteiger partial charge on any atom is 0.278 e. The van der Waals surface area contributed by atoms with Gasteiger partial charge in [0.05, 0.1) is 0 Å². The molecule has 7 heteroatoms. The number of nitrogens with one attached hydrogen (secondary N) is 3. The molecular formula is C17H22N5O2+. The molecule has 2 rings (SSSR count). The van der Waals surface area contributed by atoms with Crippen molar-refractivity contribution in [2.45, 2.75) is 25.8 Å². The van der Waals surface area contributed by atoms with E-state index < -0.39 is 0 Å². The average Bonchev–Trinajstić information content (AvgIpc) is 3.39. The minimum Gasteiger partial charge on any atom is -0.352 e. The Bertz CT molecular complexity index is 675. The normalized spacial score (nSPS) is 14.4. The summed E-state index contributed by atoms with van der Waals surface area (Å²) in [6, 6.07) is 7.15. The highest BCUT2D eigenvalue weighted by molar-refractivity contribution is 5.94. The first-order valence-electron chi connectivity index (χ1n) is 7.87. The lowest BCUT2D eigenvalue weighted by atomic mass is 10.2. The smallest absolute Gasteiger partial charge is 0.278 e. The third kappa shape index (κ3) is 4.60. The van der Waals surface area contributed by atoms with Crippen LogP contribution < -0.4 is 16.0 Å². The van der Waals surface area contributed by atoms with Gasteiger partial charge in [-0.1, -0.05) is 6.58 Å². The van der Waals surface area contributed by atoms with Gasteiger partial charge in [-0.05, 0) is 38.0 Å². The van der Waals surface area contributed by atoms with Crippen LogP contribution in [0, 0.1) is 5.53 Å². The van der Waals surface area contributed by atoms with Crippen molar-refractivity contribution in [1.82, 2.24) is 10.6 Å². The van der Waals surface area contributed by atoms with Gasteiger partial charge in [0.2, 0.25) is 5.70 Å². The zero-order valence-corrected chi connectivity index (χ0v) is 13.6. The van der Waals surface area contributed by atoms with Crippen LogP contribution in [0.5, 0.6) is 0 Å². The van der Waals surface area contributed by atoms with Gasteiger partial charge in [-0.15, -0.1) is 5.11 Å². The molecule has 0 unspecified atom stereocenters. The molecule has 1 aromatic carbocycles. The zero-order valence-electron chi connectivity index (χ0n) is 13.6. The quantitative estimate of drug-likeness (QED) is 0.250. The van der Waals surface area contributed by atoms with Crippen LogP contribution in [0.1, 0.15) is 30.1 Å². The molecule has 0 aromatic heterocycles. The van der Waals surface area contributed by atoms with Gasteiger partial charge in [-0.3, -0.25) is 14.9 Å². The number of quaternary nitrogens is 1. The minimum absolute atomic E-state index is 0.0321. The van der Waals surface area contributed by atoms with Gasteiger partial charge in [-0.25, -0.2) is 5.53 Å². The van der Waals surface area contributed by atoms with E-state index in [4.69, 9.17) is 5.53 Å². The highest BCUT2D eigenvalue weighted by Gasteiger charge is 2.27. The largest absolute Gasteiger partial charge is 0.352 e. The topological polar surface area (TPSA) is 111 Å². The number of hydrogen-bond donors (Lipinski definition) is 4. The summed E-state index contributed by atoms with van der Waals surface area (Å²) in [6.07, 6.45) is 3.43. The maximum atomic E-state index is 12.1. The summed E-state index contributed by atoms with van der Waals surface area (Å²) >= 11 is 0. The standard InChI is InChI=1S/C17H21N5O2/c1-3-14(15(22-18)17(24)21-13-9-10-13)20-12-7-5-11(6-8-12)16(23)19-4-2/h3,5-8,13,18,20H,1,4,9-10H2,2H3,(H,19,23)(H,21,24)/p+1. The lowest BCUT2D eigenvalue weighted by Crippen LogP contribution is -2.76. The average molecular weight is 328 g/mol. The molecule has 0 bridgehead atoms. The van der Waals surface area contributed by atoms with E-state index in [1.807, 2.05) is 6.92 Å². The molecule has 0 atom stereocenters. The predicted molar refractivity (Wildman–Crippen MR) is 89.6 cm³/mol. The fourth-order valence-corrected chi connectivity index (χ4v) is 2.12. The second kappa shape index (κ2) is 8.16. The van der Waals surface area contributed by atoms with Crippen LogP contribution in [0.15, 0.2) is 53.4 Å². The molecule has 0 aliphatic heterocycles. The number of nitrogens with zero attached hydrogens (tertiary/aromatic N) is 1. The van der Waals surface area contributed by atoms with E-state index in [2.05, 4.69) is 22.3 Å². The predicted octanol–water partition coefficient (Wildman–Crippen LogP) is 1.34. The summed E-state index contributed by atoms with van der Waals surface area (Å²) < 4.78 is 0. The van der Waals surface area contributed by atoms with Crippen LogP contribution in [0.25, 0.3) is 0 Å². The van der Waals surface area contributed by atoms with Gasteiger partial charge in [0.25, 0.3) is 11.8 Å². The Morgan fingerprint density at radius 1 is 1.38 bits per heavy atom. The Morgan fingerprint density at radius 3 is 2.54 bits per heavy atom. The highest BCUT2D eigenvalue weighted by Crippen LogP contribution is 2.19. The Hall–Kier alpha value is -2.80. The Labute approximate surface area is 140 Å². The van der Waals surface area contributed by atoms with Gasteiger partial charge >= 0.3 is 0 Å². The molecule has 1 aliphatic rings. The van der Waals surface area contributed by atoms with Gasteiger partial charge in [-0.2, -0.15) is 0 Å². The fourth-order valence-electron chi connectivity index (χ4n) is 2.12. The van der Waals surface area contributed by atoms with E-state index in [1.54, 1.807) is 29.6 Å². The van der Waals surface area contributed by atoms with Crippen molar-refractivity contribution in [3.05, 3.63) is 53.9 Å². The van der Waals surface area contributed by atoms with Crippen LogP contribution >= 0.6 is 0 Å². The van der Waals surface area contributed by atoms with Crippen LogP contribution in [-0.2, 0) is 4.79 Å². The molecule has 0 heterocycles. The molecule has 24 heavy (non-hydrogen) atoms. The fraction of sp³-hybridized carbons (Fsp3) is 0.294. The van der Waals surface area contributed by atoms with Gasteiger partial charge < -0.3 is 10.6 Å². The van der Waals surface area contributed by atoms with Crippen molar-refractivity contribution >= 4 is 17.5 Å². The van der Waals surface area contributed by atoms with Crippen molar-refractivity contribution in [3.8, 4) is 0 Å². The van der Waals surface area contributed by atoms with E-state index in [9.17, 15) is 9.59 Å². The zero-order chi connectivity index (χ0) is 17.5. The van der Waals surface area contributed by atoms with E-state index in [1.165, 1.54) is 6.08 Å². The molecule has 2 amide bonds. The number of benzene rings is 1. The number of hydrogen-bond acceptors (Lipinski definition) is 4. The third-order valence-electron chi connectivity index (χ3n) is 3.57. The lowest BCUT2D eigenvalue weighted by molar-refractivity contribution is -0.513. The van der Waals surface area contributed by atoms with Crippen molar-refractivity contribution < 1.29 is 14.9 Å². The number of allylic oxidation sites excluding steroid dienone is 1. The van der Waals surface area contributed by atoms with Gasteiger partial charge in [0.15, 0.2) is 5.70 Å². The van der Waals surface area contributed by atoms with Crippen LogP contribution in [-0.4, -0.2) is 24.4 Å². The molecule has 0 saturated heterocycles. The summed E-state index contributed by atoms with van der Waals surface area (Å²) in [7, 11) is 0. The molecule has 1 fully saturated rings. The molecule has 5 N–H and O–H groups in total. The first kappa shape index (κ1) is 17.6. The van der Waals surface area contributed by atoms with Crippen LogP contribution in [0.3, 0.4) is 0 Å². The molecule has 7 nitrogen and oxygen atoms in total. The van der Waals surface area contributed by atoms with Crippen molar-refractivity contribution in [2.24, 2.45) is 5.11 Å². The van der Waals surface area contributed by atoms with Gasteiger partial charge in [0, 0.05) is 30.3 Å². The second-order valence-corrected chi connectivity index (χ2v) is 5.49. The summed E-state index contributed by atoms with van der Waals surface area (Å²) in [5, 5.41) is 10.6. The van der Waals surface area contributed by atoms with Crippen LogP contribution in [0.4, 0.5) is 5.69 Å². The minimum atomic E-state index is -0.363. The molecular weight excluding hydrogens is 306 g/mol. The van der Waals surface area contributed by atoms with Gasteiger partial charge in [0.1, 0.15) is 5.69 Å². The Morgan fingerprint density at radius 2 is 2.04 bits per heavy atom. The molecule has 0 spiro atoms. The summed E-state index contributed by atoms with van der Waals surface area (Å²) in [5.41, 5.74) is 9.13. The number of nitrogens with two attached hydrogens (primary N) is 1. The highest BCUT2D eigenvalue weighted by atomic mass is 16.2. The van der Waals surface area contributed by atoms with Crippen molar-refractivity contribution in [3.63, 3.8) is 0 Å². The van der Waals surface area contributed by atoms with E-state index >= 15 is 0 Å². The Kier molecular flexibility index (Phi) is 5.97. The first-order chi connectivity index (χ1) is 11.6. The second-order valence-electron chi connectivity index (χ2n) is 5.49. The number of rotatable bonds is 8. The first-order valence-corrected chi connectivity index (χ1v) is 7.87. The van der Waals surface area contributed by atoms with Crippen molar-refractivity contribution in [1.29, 1.82) is 5.53 Å². The molecule has 1 aliphatic carbocycles. The number of carbonyl (C=O) groups is 2. The maximum absolute atomic E-state index is 12.1. The third-order valence-corrected chi connectivity index (χ3v) is 3.57. The lowest BCUT2D eigenvalue weighted by Gasteiger charge is -2.07. The molecule has 1 saturated carbocycles. The van der Waals surface area contributed by atoms with Crippen LogP contribution in [0.2, 0.25) is 0 Å². The van der Waals surface area contributed by atoms with E-state index in [0.717, 1.165) is 18.5 Å². The molecule has 126 valence electrons. The SMILES string of the molecule is C=CC([NH2+]c1ccc(C(=O)NCC)cc1)=C(N=N)C(=O)NC1CC1. The molecule has 1 aromatic rings. The number of carbonyl (C=O) groups excluding carboxylic acids is 2. The Balaban J connectivity index is 2.14. The summed E-state index contributed by atoms with van der Waals surface area (Å²) in [6.45, 7) is 6.13.